The third-order valence-electron chi connectivity index (χ3n) is 3.88. The first-order chi connectivity index (χ1) is 7.12. The summed E-state index contributed by atoms with van der Waals surface area (Å²) in [6.07, 6.45) is 3.08. The first-order valence-corrected chi connectivity index (χ1v) is 9.27. The lowest BCUT2D eigenvalue weighted by molar-refractivity contribution is 0.194. The van der Waals surface area contributed by atoms with E-state index in [1.54, 1.807) is 0 Å². The molecule has 16 heavy (non-hydrogen) atoms. The Bertz CT molecular complexity index is 213. The number of hydrogen-bond donors (Lipinski definition) is 0. The third kappa shape index (κ3) is 4.83. The maximum Gasteiger partial charge on any atom is 0.191 e. The molecule has 1 nitrogen and oxygen atoms in total. The highest BCUT2D eigenvalue weighted by molar-refractivity contribution is 6.74. The molecule has 0 bridgehead atoms. The van der Waals surface area contributed by atoms with Gasteiger partial charge in [-0.2, -0.15) is 0 Å². The van der Waals surface area contributed by atoms with E-state index in [-0.39, 0.29) is 0 Å². The summed E-state index contributed by atoms with van der Waals surface area (Å²) >= 11 is 0. The first-order valence-electron chi connectivity index (χ1n) is 6.36. The largest absolute Gasteiger partial charge is 0.417 e. The van der Waals surface area contributed by atoms with Crippen molar-refractivity contribution in [2.75, 3.05) is 6.61 Å². The van der Waals surface area contributed by atoms with Crippen LogP contribution in [-0.2, 0) is 4.43 Å². The Hall–Kier alpha value is -0.0831. The fraction of sp³-hybridized carbons (Fsp3) is 0.857. The van der Waals surface area contributed by atoms with Gasteiger partial charge in [-0.15, -0.1) is 6.58 Å². The van der Waals surface area contributed by atoms with Crippen molar-refractivity contribution in [1.29, 1.82) is 0 Å². The lowest BCUT2D eigenvalue weighted by Gasteiger charge is -2.37. The highest BCUT2D eigenvalue weighted by Gasteiger charge is 2.37. The lowest BCUT2D eigenvalue weighted by Crippen LogP contribution is -2.42. The van der Waals surface area contributed by atoms with Gasteiger partial charge < -0.3 is 4.43 Å². The molecule has 0 saturated carbocycles. The molecule has 0 aromatic heterocycles. The normalized spacial score (nSPS) is 15.2. The molecule has 0 aromatic carbocycles. The van der Waals surface area contributed by atoms with E-state index >= 15 is 0 Å². The monoisotopic (exact) mass is 242 g/mol. The SMILES string of the molecule is C=CC[C@H](CO[Si](C)(C)C(C)(C)C)C(C)C. The summed E-state index contributed by atoms with van der Waals surface area (Å²) in [4.78, 5) is 0. The van der Waals surface area contributed by atoms with Crippen molar-refractivity contribution in [3.05, 3.63) is 12.7 Å². The van der Waals surface area contributed by atoms with Gasteiger partial charge in [0.15, 0.2) is 8.32 Å². The third-order valence-corrected chi connectivity index (χ3v) is 8.38. The van der Waals surface area contributed by atoms with Crippen LogP contribution < -0.4 is 0 Å². The van der Waals surface area contributed by atoms with Gasteiger partial charge in [-0.05, 0) is 36.4 Å². The Kier molecular flexibility index (Phi) is 5.98. The van der Waals surface area contributed by atoms with Crippen molar-refractivity contribution < 1.29 is 4.43 Å². The molecule has 1 atom stereocenters. The molecular formula is C14H30OSi. The molecule has 0 rings (SSSR count). The van der Waals surface area contributed by atoms with E-state index < -0.39 is 8.32 Å². The Morgan fingerprint density at radius 1 is 1.25 bits per heavy atom. The van der Waals surface area contributed by atoms with Gasteiger partial charge >= 0.3 is 0 Å². The average molecular weight is 242 g/mol. The topological polar surface area (TPSA) is 9.23 Å². The summed E-state index contributed by atoms with van der Waals surface area (Å²) in [5, 5.41) is 0.308. The van der Waals surface area contributed by atoms with E-state index in [2.05, 4.69) is 54.3 Å². The van der Waals surface area contributed by atoms with Crippen LogP contribution in [0.2, 0.25) is 18.1 Å². The zero-order valence-corrected chi connectivity index (χ0v) is 13.3. The van der Waals surface area contributed by atoms with Crippen LogP contribution in [0.25, 0.3) is 0 Å². The van der Waals surface area contributed by atoms with Crippen LogP contribution in [0.5, 0.6) is 0 Å². The van der Waals surface area contributed by atoms with E-state index in [1.165, 1.54) is 0 Å². The van der Waals surface area contributed by atoms with Gasteiger partial charge in [-0.1, -0.05) is 40.7 Å². The van der Waals surface area contributed by atoms with Crippen LogP contribution in [0.1, 0.15) is 41.0 Å². The highest BCUT2D eigenvalue weighted by Crippen LogP contribution is 2.37. The second-order valence-corrected chi connectivity index (χ2v) is 11.4. The molecule has 0 aromatic rings. The Morgan fingerprint density at radius 2 is 1.75 bits per heavy atom. The van der Waals surface area contributed by atoms with Crippen molar-refractivity contribution in [1.82, 2.24) is 0 Å². The molecule has 0 amide bonds. The second-order valence-electron chi connectivity index (χ2n) is 6.60. The van der Waals surface area contributed by atoms with E-state index in [4.69, 9.17) is 4.43 Å². The highest BCUT2D eigenvalue weighted by atomic mass is 28.4. The summed E-state index contributed by atoms with van der Waals surface area (Å²) in [5.74, 6) is 1.29. The van der Waals surface area contributed by atoms with Crippen molar-refractivity contribution in [3.63, 3.8) is 0 Å². The minimum absolute atomic E-state index is 0.308. The van der Waals surface area contributed by atoms with E-state index in [9.17, 15) is 0 Å². The quantitative estimate of drug-likeness (QED) is 0.477. The summed E-state index contributed by atoms with van der Waals surface area (Å²) < 4.78 is 6.26. The minimum Gasteiger partial charge on any atom is -0.417 e. The van der Waals surface area contributed by atoms with Crippen LogP contribution in [-0.4, -0.2) is 14.9 Å². The Balaban J connectivity index is 4.35. The number of allylic oxidation sites excluding steroid dienone is 1. The van der Waals surface area contributed by atoms with Crippen LogP contribution >= 0.6 is 0 Å². The number of hydrogen-bond acceptors (Lipinski definition) is 1. The molecule has 0 fully saturated rings. The fourth-order valence-electron chi connectivity index (χ4n) is 1.28. The lowest BCUT2D eigenvalue weighted by atomic mass is 9.94. The maximum atomic E-state index is 6.26. The van der Waals surface area contributed by atoms with Gasteiger partial charge in [-0.25, -0.2) is 0 Å². The molecule has 0 unspecified atom stereocenters. The first kappa shape index (κ1) is 15.9. The van der Waals surface area contributed by atoms with Gasteiger partial charge in [0.2, 0.25) is 0 Å². The second kappa shape index (κ2) is 6.01. The van der Waals surface area contributed by atoms with E-state index in [1.807, 2.05) is 6.08 Å². The zero-order chi connectivity index (χ0) is 13.0. The minimum atomic E-state index is -1.58. The number of rotatable bonds is 6. The Morgan fingerprint density at radius 3 is 2.06 bits per heavy atom. The molecule has 0 spiro atoms. The van der Waals surface area contributed by atoms with E-state index in [0.717, 1.165) is 13.0 Å². The van der Waals surface area contributed by atoms with E-state index in [0.29, 0.717) is 16.9 Å². The predicted molar refractivity (Wildman–Crippen MR) is 76.3 cm³/mol. The molecule has 96 valence electrons. The molecule has 0 radical (unpaired) electrons. The summed E-state index contributed by atoms with van der Waals surface area (Å²) in [5.41, 5.74) is 0. The smallest absolute Gasteiger partial charge is 0.191 e. The standard InChI is InChI=1S/C14H30OSi/c1-9-10-13(12(2)3)11-15-16(7,8)14(4,5)6/h9,12-13H,1,10-11H2,2-8H3/t13-/m1/s1. The summed E-state index contributed by atoms with van der Waals surface area (Å²) in [6.45, 7) is 20.8. The summed E-state index contributed by atoms with van der Waals surface area (Å²) in [7, 11) is -1.58. The van der Waals surface area contributed by atoms with Crippen molar-refractivity contribution in [3.8, 4) is 0 Å². The average Bonchev–Trinajstić information content (AvgIpc) is 2.09. The van der Waals surface area contributed by atoms with Gasteiger partial charge in [0.05, 0.1) is 0 Å². The van der Waals surface area contributed by atoms with Crippen LogP contribution in [0.4, 0.5) is 0 Å². The molecule has 0 aliphatic carbocycles. The van der Waals surface area contributed by atoms with Crippen LogP contribution in [0.15, 0.2) is 12.7 Å². The van der Waals surface area contributed by atoms with Crippen LogP contribution in [0.3, 0.4) is 0 Å². The molecule has 0 aliphatic rings. The van der Waals surface area contributed by atoms with Crippen molar-refractivity contribution in [2.24, 2.45) is 11.8 Å². The molecule has 0 saturated heterocycles. The fourth-order valence-corrected chi connectivity index (χ4v) is 2.34. The molecule has 0 heterocycles. The predicted octanol–water partition coefficient (Wildman–Crippen LogP) is 4.86. The van der Waals surface area contributed by atoms with Gasteiger partial charge in [0.25, 0.3) is 0 Å². The van der Waals surface area contributed by atoms with Crippen molar-refractivity contribution >= 4 is 8.32 Å². The van der Waals surface area contributed by atoms with Crippen LogP contribution in [0, 0.1) is 11.8 Å². The maximum absolute atomic E-state index is 6.26. The van der Waals surface area contributed by atoms with Gasteiger partial charge in [0.1, 0.15) is 0 Å². The van der Waals surface area contributed by atoms with Gasteiger partial charge in [-0.3, -0.25) is 0 Å². The molecular weight excluding hydrogens is 212 g/mol. The van der Waals surface area contributed by atoms with Gasteiger partial charge in [0, 0.05) is 6.61 Å². The molecule has 0 aliphatic heterocycles. The zero-order valence-electron chi connectivity index (χ0n) is 12.3. The molecule has 0 N–H and O–H groups in total. The Labute approximate surface area is 103 Å². The van der Waals surface area contributed by atoms with Crippen molar-refractivity contribution in [2.45, 2.75) is 59.2 Å². The molecule has 2 heteroatoms. The summed E-state index contributed by atoms with van der Waals surface area (Å²) in [6, 6.07) is 0.